The molecule has 1 amide bonds. The molecule has 0 aliphatic rings. The molecule has 70 valence electrons. The van der Waals surface area contributed by atoms with Gasteiger partial charge in [0.15, 0.2) is 11.5 Å². The first-order chi connectivity index (χ1) is 6.15. The second-order valence-corrected chi connectivity index (χ2v) is 2.56. The molecule has 0 aromatic heterocycles. The van der Waals surface area contributed by atoms with Crippen LogP contribution in [0.2, 0.25) is 0 Å². The van der Waals surface area contributed by atoms with Gasteiger partial charge in [0.2, 0.25) is 0 Å². The predicted molar refractivity (Wildman–Crippen MR) is 47.8 cm³/mol. The van der Waals surface area contributed by atoms with Crippen LogP contribution in [0, 0.1) is 0 Å². The zero-order valence-electron chi connectivity index (χ0n) is 7.24. The Morgan fingerprint density at radius 3 is 2.62 bits per heavy atom. The molecule has 0 bridgehead atoms. The number of amides is 1. The van der Waals surface area contributed by atoms with Crippen molar-refractivity contribution in [1.82, 2.24) is 5.32 Å². The first-order valence-electron chi connectivity index (χ1n) is 3.95. The van der Waals surface area contributed by atoms with E-state index in [-0.39, 0.29) is 17.4 Å². The summed E-state index contributed by atoms with van der Waals surface area (Å²) in [7, 11) is 0. The first kappa shape index (κ1) is 9.38. The summed E-state index contributed by atoms with van der Waals surface area (Å²) in [6.45, 7) is 2.33. The summed E-state index contributed by atoms with van der Waals surface area (Å²) in [4.78, 5) is 11.2. The minimum absolute atomic E-state index is 0.229. The van der Waals surface area contributed by atoms with E-state index in [1.54, 1.807) is 6.92 Å². The summed E-state index contributed by atoms with van der Waals surface area (Å²) in [5, 5.41) is 20.6. The van der Waals surface area contributed by atoms with E-state index in [9.17, 15) is 4.79 Å². The number of benzene rings is 1. The van der Waals surface area contributed by atoms with Crippen molar-refractivity contribution in [2.24, 2.45) is 0 Å². The number of phenolic OH excluding ortho intramolecular Hbond substituents is 2. The standard InChI is InChI=1S/C9H11NO3/c1-2-10-9(13)6-3-4-7(11)8(12)5-6/h3-5,11-12H,2H2,1H3,(H,10,13). The van der Waals surface area contributed by atoms with Crippen molar-refractivity contribution >= 4 is 5.91 Å². The lowest BCUT2D eigenvalue weighted by molar-refractivity contribution is 0.0955. The molecule has 0 saturated carbocycles. The monoisotopic (exact) mass is 181 g/mol. The molecule has 0 aliphatic heterocycles. The average Bonchev–Trinajstić information content (AvgIpc) is 2.10. The highest BCUT2D eigenvalue weighted by Crippen LogP contribution is 2.24. The van der Waals surface area contributed by atoms with Crippen LogP contribution in [0.1, 0.15) is 17.3 Å². The summed E-state index contributed by atoms with van der Waals surface area (Å²) in [6, 6.07) is 3.94. The number of hydrogen-bond donors (Lipinski definition) is 3. The quantitative estimate of drug-likeness (QED) is 0.592. The van der Waals surface area contributed by atoms with Crippen molar-refractivity contribution in [3.63, 3.8) is 0 Å². The normalized spacial score (nSPS) is 9.62. The van der Waals surface area contributed by atoms with Gasteiger partial charge in [-0.05, 0) is 25.1 Å². The van der Waals surface area contributed by atoms with Gasteiger partial charge in [-0.2, -0.15) is 0 Å². The molecule has 0 atom stereocenters. The number of nitrogens with one attached hydrogen (secondary N) is 1. The molecule has 0 saturated heterocycles. The van der Waals surface area contributed by atoms with E-state index < -0.39 is 0 Å². The molecule has 0 fully saturated rings. The van der Waals surface area contributed by atoms with E-state index in [1.165, 1.54) is 18.2 Å². The van der Waals surface area contributed by atoms with E-state index in [2.05, 4.69) is 5.32 Å². The molecule has 1 rings (SSSR count). The van der Waals surface area contributed by atoms with E-state index in [4.69, 9.17) is 10.2 Å². The summed E-state index contributed by atoms with van der Waals surface area (Å²) < 4.78 is 0. The van der Waals surface area contributed by atoms with Gasteiger partial charge in [-0.25, -0.2) is 0 Å². The lowest BCUT2D eigenvalue weighted by Gasteiger charge is -2.03. The van der Waals surface area contributed by atoms with Crippen LogP contribution in [0.25, 0.3) is 0 Å². The largest absolute Gasteiger partial charge is 0.504 e. The zero-order chi connectivity index (χ0) is 9.84. The predicted octanol–water partition coefficient (Wildman–Crippen LogP) is 0.847. The molecule has 0 radical (unpaired) electrons. The maximum absolute atomic E-state index is 11.2. The van der Waals surface area contributed by atoms with Crippen molar-refractivity contribution in [3.8, 4) is 11.5 Å². The lowest BCUT2D eigenvalue weighted by atomic mass is 10.2. The van der Waals surface area contributed by atoms with Crippen molar-refractivity contribution in [2.75, 3.05) is 6.54 Å². The molecule has 0 aliphatic carbocycles. The van der Waals surface area contributed by atoms with Crippen LogP contribution in [0.3, 0.4) is 0 Å². The second kappa shape index (κ2) is 3.80. The fraction of sp³-hybridized carbons (Fsp3) is 0.222. The molecule has 0 heterocycles. The number of rotatable bonds is 2. The highest BCUT2D eigenvalue weighted by atomic mass is 16.3. The van der Waals surface area contributed by atoms with Gasteiger partial charge >= 0.3 is 0 Å². The number of carbonyl (C=O) groups excluding carboxylic acids is 1. The second-order valence-electron chi connectivity index (χ2n) is 2.56. The maximum atomic E-state index is 11.2. The third kappa shape index (κ3) is 2.11. The molecule has 0 spiro atoms. The highest BCUT2D eigenvalue weighted by Gasteiger charge is 2.06. The van der Waals surface area contributed by atoms with Crippen LogP contribution in [0.15, 0.2) is 18.2 Å². The maximum Gasteiger partial charge on any atom is 0.251 e. The van der Waals surface area contributed by atoms with E-state index in [1.807, 2.05) is 0 Å². The SMILES string of the molecule is CCNC(=O)c1ccc(O)c(O)c1. The number of phenols is 2. The van der Waals surface area contributed by atoms with Crippen LogP contribution in [-0.4, -0.2) is 22.7 Å². The Morgan fingerprint density at radius 1 is 1.38 bits per heavy atom. The molecule has 4 heteroatoms. The minimum atomic E-state index is -0.288. The Labute approximate surface area is 75.8 Å². The third-order valence-corrected chi connectivity index (χ3v) is 1.57. The number of hydrogen-bond acceptors (Lipinski definition) is 3. The van der Waals surface area contributed by atoms with E-state index in [0.29, 0.717) is 12.1 Å². The van der Waals surface area contributed by atoms with Gasteiger partial charge in [-0.3, -0.25) is 4.79 Å². The Hall–Kier alpha value is -1.71. The Balaban J connectivity index is 2.90. The lowest BCUT2D eigenvalue weighted by Crippen LogP contribution is -2.22. The van der Waals surface area contributed by atoms with Gasteiger partial charge in [0, 0.05) is 12.1 Å². The third-order valence-electron chi connectivity index (χ3n) is 1.57. The fourth-order valence-corrected chi connectivity index (χ4v) is 0.927. The minimum Gasteiger partial charge on any atom is -0.504 e. The molecule has 1 aromatic rings. The van der Waals surface area contributed by atoms with Gasteiger partial charge < -0.3 is 15.5 Å². The number of aromatic hydroxyl groups is 2. The topological polar surface area (TPSA) is 69.6 Å². The van der Waals surface area contributed by atoms with Gasteiger partial charge in [0.1, 0.15) is 0 Å². The van der Waals surface area contributed by atoms with E-state index in [0.717, 1.165) is 0 Å². The molecule has 4 nitrogen and oxygen atoms in total. The summed E-state index contributed by atoms with van der Waals surface area (Å²) in [5.41, 5.74) is 0.331. The van der Waals surface area contributed by atoms with Crippen LogP contribution in [0.4, 0.5) is 0 Å². The van der Waals surface area contributed by atoms with Crippen LogP contribution in [0.5, 0.6) is 11.5 Å². The summed E-state index contributed by atoms with van der Waals surface area (Å²) in [5.74, 6) is -0.783. The summed E-state index contributed by atoms with van der Waals surface area (Å²) in [6.07, 6.45) is 0. The molecular formula is C9H11NO3. The summed E-state index contributed by atoms with van der Waals surface area (Å²) >= 11 is 0. The molecule has 3 N–H and O–H groups in total. The fourth-order valence-electron chi connectivity index (χ4n) is 0.927. The van der Waals surface area contributed by atoms with Crippen molar-refractivity contribution in [1.29, 1.82) is 0 Å². The van der Waals surface area contributed by atoms with Crippen LogP contribution in [-0.2, 0) is 0 Å². The first-order valence-corrected chi connectivity index (χ1v) is 3.95. The van der Waals surface area contributed by atoms with Gasteiger partial charge in [0.05, 0.1) is 0 Å². The van der Waals surface area contributed by atoms with Crippen molar-refractivity contribution in [3.05, 3.63) is 23.8 Å². The Kier molecular flexibility index (Phi) is 2.74. The molecule has 13 heavy (non-hydrogen) atoms. The zero-order valence-corrected chi connectivity index (χ0v) is 7.24. The highest BCUT2D eigenvalue weighted by molar-refractivity contribution is 5.94. The van der Waals surface area contributed by atoms with Gasteiger partial charge in [-0.15, -0.1) is 0 Å². The average molecular weight is 181 g/mol. The smallest absolute Gasteiger partial charge is 0.251 e. The van der Waals surface area contributed by atoms with Crippen LogP contribution < -0.4 is 5.32 Å². The molecule has 0 unspecified atom stereocenters. The number of carbonyl (C=O) groups is 1. The van der Waals surface area contributed by atoms with E-state index >= 15 is 0 Å². The molecule has 1 aromatic carbocycles. The molecular weight excluding hydrogens is 170 g/mol. The van der Waals surface area contributed by atoms with Gasteiger partial charge in [-0.1, -0.05) is 0 Å². The Morgan fingerprint density at radius 2 is 2.08 bits per heavy atom. The van der Waals surface area contributed by atoms with Crippen molar-refractivity contribution in [2.45, 2.75) is 6.92 Å². The Bertz CT molecular complexity index is 323. The van der Waals surface area contributed by atoms with Gasteiger partial charge in [0.25, 0.3) is 5.91 Å². The van der Waals surface area contributed by atoms with Crippen molar-refractivity contribution < 1.29 is 15.0 Å². The van der Waals surface area contributed by atoms with Crippen LogP contribution >= 0.6 is 0 Å².